The van der Waals surface area contributed by atoms with Crippen molar-refractivity contribution in [2.75, 3.05) is 0 Å². The zero-order chi connectivity index (χ0) is 12.3. The van der Waals surface area contributed by atoms with E-state index in [-0.39, 0.29) is 10.8 Å². The molecule has 0 radical (unpaired) electrons. The summed E-state index contributed by atoms with van der Waals surface area (Å²) < 4.78 is 13.0. The predicted molar refractivity (Wildman–Crippen MR) is 69.7 cm³/mol. The Hall–Kier alpha value is -0.600. The van der Waals surface area contributed by atoms with Crippen LogP contribution >= 0.6 is 11.6 Å². The lowest BCUT2D eigenvalue weighted by Crippen LogP contribution is -2.28. The number of hydrogen-bond donors (Lipinski definition) is 1. The number of nitrogens with one attached hydrogen (secondary N) is 1. The van der Waals surface area contributed by atoms with Gasteiger partial charge >= 0.3 is 0 Å². The van der Waals surface area contributed by atoms with E-state index in [1.165, 1.54) is 25.3 Å². The highest BCUT2D eigenvalue weighted by atomic mass is 35.5. The monoisotopic (exact) mass is 255 g/mol. The molecule has 1 aromatic rings. The van der Waals surface area contributed by atoms with Crippen LogP contribution in [0, 0.1) is 11.7 Å². The van der Waals surface area contributed by atoms with Gasteiger partial charge in [-0.25, -0.2) is 4.39 Å². The zero-order valence-electron chi connectivity index (χ0n) is 10.2. The van der Waals surface area contributed by atoms with E-state index in [1.807, 2.05) is 0 Å². The Morgan fingerprint density at radius 1 is 1.47 bits per heavy atom. The SMILES string of the molecule is CCC(CC1CC1)NCc1ccc(F)c(Cl)c1. The minimum atomic E-state index is -0.347. The van der Waals surface area contributed by atoms with Crippen molar-refractivity contribution in [3.05, 3.63) is 34.6 Å². The molecule has 0 saturated heterocycles. The first kappa shape index (κ1) is 12.8. The van der Waals surface area contributed by atoms with Crippen LogP contribution in [0.5, 0.6) is 0 Å². The summed E-state index contributed by atoms with van der Waals surface area (Å²) in [6.07, 6.45) is 5.19. The van der Waals surface area contributed by atoms with E-state index in [0.29, 0.717) is 6.04 Å². The van der Waals surface area contributed by atoms with Gasteiger partial charge in [0.1, 0.15) is 5.82 Å². The van der Waals surface area contributed by atoms with E-state index in [0.717, 1.165) is 24.4 Å². The number of benzene rings is 1. The lowest BCUT2D eigenvalue weighted by molar-refractivity contribution is 0.444. The largest absolute Gasteiger partial charge is 0.310 e. The van der Waals surface area contributed by atoms with Crippen molar-refractivity contribution in [3.63, 3.8) is 0 Å². The number of hydrogen-bond acceptors (Lipinski definition) is 1. The molecule has 1 aromatic carbocycles. The molecule has 1 atom stereocenters. The minimum absolute atomic E-state index is 0.208. The van der Waals surface area contributed by atoms with Crippen LogP contribution < -0.4 is 5.32 Å². The highest BCUT2D eigenvalue weighted by molar-refractivity contribution is 6.30. The van der Waals surface area contributed by atoms with Crippen LogP contribution in [0.1, 0.15) is 38.2 Å². The van der Waals surface area contributed by atoms with E-state index in [9.17, 15) is 4.39 Å². The van der Waals surface area contributed by atoms with Crippen LogP contribution in [-0.2, 0) is 6.54 Å². The standard InChI is InChI=1S/C14H19ClFN/c1-2-12(7-10-3-4-10)17-9-11-5-6-14(16)13(15)8-11/h5-6,8,10,12,17H,2-4,7,9H2,1H3. The number of rotatable bonds is 6. The molecule has 0 heterocycles. The van der Waals surface area contributed by atoms with Gasteiger partial charge in [-0.15, -0.1) is 0 Å². The van der Waals surface area contributed by atoms with Crippen molar-refractivity contribution >= 4 is 11.6 Å². The van der Waals surface area contributed by atoms with Gasteiger partial charge in [0, 0.05) is 12.6 Å². The Bertz CT molecular complexity index is 376. The second-order valence-corrected chi connectivity index (χ2v) is 5.32. The summed E-state index contributed by atoms with van der Waals surface area (Å²) >= 11 is 5.75. The summed E-state index contributed by atoms with van der Waals surface area (Å²) in [7, 11) is 0. The van der Waals surface area contributed by atoms with Crippen molar-refractivity contribution in [3.8, 4) is 0 Å². The molecule has 3 heteroatoms. The van der Waals surface area contributed by atoms with Crippen molar-refractivity contribution in [1.82, 2.24) is 5.32 Å². The van der Waals surface area contributed by atoms with Gasteiger partial charge in [0.15, 0.2) is 0 Å². The minimum Gasteiger partial charge on any atom is -0.310 e. The molecule has 2 rings (SSSR count). The normalized spacial score (nSPS) is 17.1. The van der Waals surface area contributed by atoms with Crippen molar-refractivity contribution in [2.45, 2.75) is 45.2 Å². The Labute approximate surface area is 107 Å². The Balaban J connectivity index is 1.84. The Morgan fingerprint density at radius 2 is 2.24 bits per heavy atom. The summed E-state index contributed by atoms with van der Waals surface area (Å²) in [6, 6.07) is 5.50. The first-order valence-electron chi connectivity index (χ1n) is 6.36. The number of halogens is 2. The summed E-state index contributed by atoms with van der Waals surface area (Å²) in [5.74, 6) is 0.588. The van der Waals surface area contributed by atoms with Crippen LogP contribution in [0.3, 0.4) is 0 Å². The maximum atomic E-state index is 13.0. The summed E-state index contributed by atoms with van der Waals surface area (Å²) in [5, 5.41) is 3.73. The van der Waals surface area contributed by atoms with Crippen LogP contribution in [0.2, 0.25) is 5.02 Å². The molecule has 1 aliphatic carbocycles. The second kappa shape index (κ2) is 5.83. The van der Waals surface area contributed by atoms with Crippen LogP contribution in [0.4, 0.5) is 4.39 Å². The van der Waals surface area contributed by atoms with E-state index in [2.05, 4.69) is 12.2 Å². The third-order valence-corrected chi connectivity index (χ3v) is 3.68. The second-order valence-electron chi connectivity index (χ2n) is 4.91. The molecule has 1 unspecified atom stereocenters. The highest BCUT2D eigenvalue weighted by Crippen LogP contribution is 2.34. The molecule has 0 amide bonds. The molecule has 17 heavy (non-hydrogen) atoms. The fraction of sp³-hybridized carbons (Fsp3) is 0.571. The molecule has 1 nitrogen and oxygen atoms in total. The van der Waals surface area contributed by atoms with E-state index < -0.39 is 0 Å². The van der Waals surface area contributed by atoms with Gasteiger partial charge in [0.2, 0.25) is 0 Å². The predicted octanol–water partition coefficient (Wildman–Crippen LogP) is 4.15. The third-order valence-electron chi connectivity index (χ3n) is 3.39. The van der Waals surface area contributed by atoms with Gasteiger partial charge in [0.05, 0.1) is 5.02 Å². The van der Waals surface area contributed by atoms with Crippen molar-refractivity contribution < 1.29 is 4.39 Å². The highest BCUT2D eigenvalue weighted by Gasteiger charge is 2.24. The quantitative estimate of drug-likeness (QED) is 0.805. The fourth-order valence-corrected chi connectivity index (χ4v) is 2.27. The lowest BCUT2D eigenvalue weighted by atomic mass is 10.1. The first-order chi connectivity index (χ1) is 8.19. The van der Waals surface area contributed by atoms with Gasteiger partial charge in [-0.1, -0.05) is 37.4 Å². The van der Waals surface area contributed by atoms with Gasteiger partial charge in [0.25, 0.3) is 0 Å². The maximum absolute atomic E-state index is 13.0. The molecule has 94 valence electrons. The average Bonchev–Trinajstić information content (AvgIpc) is 3.12. The topological polar surface area (TPSA) is 12.0 Å². The van der Waals surface area contributed by atoms with Gasteiger partial charge in [-0.2, -0.15) is 0 Å². The molecule has 0 spiro atoms. The van der Waals surface area contributed by atoms with Crippen LogP contribution in [0.25, 0.3) is 0 Å². The van der Waals surface area contributed by atoms with E-state index in [4.69, 9.17) is 11.6 Å². The third kappa shape index (κ3) is 3.97. The molecular formula is C14H19ClFN. The molecule has 1 N–H and O–H groups in total. The molecule has 0 aliphatic heterocycles. The molecular weight excluding hydrogens is 237 g/mol. The molecule has 0 aromatic heterocycles. The molecule has 1 fully saturated rings. The van der Waals surface area contributed by atoms with Crippen LogP contribution in [-0.4, -0.2) is 6.04 Å². The van der Waals surface area contributed by atoms with Crippen LogP contribution in [0.15, 0.2) is 18.2 Å². The molecule has 0 bridgehead atoms. The van der Waals surface area contributed by atoms with Gasteiger partial charge in [-0.3, -0.25) is 0 Å². The molecule has 1 saturated carbocycles. The summed E-state index contributed by atoms with van der Waals surface area (Å²) in [6.45, 7) is 2.98. The van der Waals surface area contributed by atoms with Crippen molar-refractivity contribution in [1.29, 1.82) is 0 Å². The smallest absolute Gasteiger partial charge is 0.141 e. The fourth-order valence-electron chi connectivity index (χ4n) is 2.06. The Kier molecular flexibility index (Phi) is 4.41. The van der Waals surface area contributed by atoms with Crippen molar-refractivity contribution in [2.24, 2.45) is 5.92 Å². The van der Waals surface area contributed by atoms with Gasteiger partial charge in [-0.05, 0) is 36.5 Å². The first-order valence-corrected chi connectivity index (χ1v) is 6.74. The maximum Gasteiger partial charge on any atom is 0.141 e. The molecule has 1 aliphatic rings. The van der Waals surface area contributed by atoms with E-state index in [1.54, 1.807) is 12.1 Å². The Morgan fingerprint density at radius 3 is 2.82 bits per heavy atom. The average molecular weight is 256 g/mol. The van der Waals surface area contributed by atoms with Gasteiger partial charge < -0.3 is 5.32 Å². The van der Waals surface area contributed by atoms with E-state index >= 15 is 0 Å². The summed E-state index contributed by atoms with van der Waals surface area (Å²) in [5.41, 5.74) is 1.05. The lowest BCUT2D eigenvalue weighted by Gasteiger charge is -2.16. The zero-order valence-corrected chi connectivity index (χ0v) is 10.9. The summed E-state index contributed by atoms with van der Waals surface area (Å²) in [4.78, 5) is 0.